The molecule has 19 heavy (non-hydrogen) atoms. The first kappa shape index (κ1) is 13.2. The van der Waals surface area contributed by atoms with Crippen molar-refractivity contribution in [1.82, 2.24) is 20.2 Å². The first-order valence-corrected chi connectivity index (χ1v) is 5.88. The number of carbonyl (C=O) groups is 1. The van der Waals surface area contributed by atoms with E-state index in [1.54, 1.807) is 26.0 Å². The molecule has 7 nitrogen and oxygen atoms in total. The summed E-state index contributed by atoms with van der Waals surface area (Å²) < 4.78 is 1.54. The second kappa shape index (κ2) is 5.15. The Balaban J connectivity index is 2.10. The van der Waals surface area contributed by atoms with E-state index >= 15 is 0 Å². The van der Waals surface area contributed by atoms with Gasteiger partial charge >= 0.3 is 0 Å². The molecule has 0 saturated carbocycles. The Labute approximate surface area is 110 Å². The van der Waals surface area contributed by atoms with Crippen molar-refractivity contribution in [3.8, 4) is 5.69 Å². The Kier molecular flexibility index (Phi) is 3.57. The number of benzene rings is 1. The lowest BCUT2D eigenvalue weighted by Gasteiger charge is -2.21. The van der Waals surface area contributed by atoms with Crippen molar-refractivity contribution in [2.75, 3.05) is 11.9 Å². The Morgan fingerprint density at radius 3 is 2.58 bits per heavy atom. The quantitative estimate of drug-likeness (QED) is 0.838. The average molecular weight is 260 g/mol. The van der Waals surface area contributed by atoms with Crippen LogP contribution in [0.1, 0.15) is 13.8 Å². The van der Waals surface area contributed by atoms with Gasteiger partial charge in [-0.3, -0.25) is 4.79 Å². The number of carbonyl (C=O) groups excluding carboxylic acids is 1. The highest BCUT2D eigenvalue weighted by molar-refractivity contribution is 5.95. The second-order valence-electron chi connectivity index (χ2n) is 4.84. The van der Waals surface area contributed by atoms with Gasteiger partial charge in [-0.1, -0.05) is 0 Å². The van der Waals surface area contributed by atoms with Crippen LogP contribution in [0.15, 0.2) is 30.6 Å². The van der Waals surface area contributed by atoms with Crippen LogP contribution in [0, 0.1) is 5.41 Å². The fourth-order valence-corrected chi connectivity index (χ4v) is 1.37. The van der Waals surface area contributed by atoms with E-state index in [9.17, 15) is 4.79 Å². The van der Waals surface area contributed by atoms with Crippen LogP contribution < -0.4 is 11.1 Å². The third kappa shape index (κ3) is 2.94. The van der Waals surface area contributed by atoms with Crippen LogP contribution in [0.2, 0.25) is 0 Å². The van der Waals surface area contributed by atoms with Gasteiger partial charge in [0.2, 0.25) is 5.91 Å². The van der Waals surface area contributed by atoms with E-state index in [1.165, 1.54) is 11.0 Å². The van der Waals surface area contributed by atoms with Crippen LogP contribution in [0.5, 0.6) is 0 Å². The van der Waals surface area contributed by atoms with Crippen molar-refractivity contribution in [2.45, 2.75) is 13.8 Å². The summed E-state index contributed by atoms with van der Waals surface area (Å²) in [6.07, 6.45) is 1.51. The number of nitrogens with one attached hydrogen (secondary N) is 1. The van der Waals surface area contributed by atoms with Crippen molar-refractivity contribution in [3.05, 3.63) is 30.6 Å². The molecule has 0 radical (unpaired) electrons. The summed E-state index contributed by atoms with van der Waals surface area (Å²) in [4.78, 5) is 12.0. The van der Waals surface area contributed by atoms with Gasteiger partial charge in [-0.05, 0) is 48.5 Å². The van der Waals surface area contributed by atoms with Gasteiger partial charge < -0.3 is 11.1 Å². The number of aromatic nitrogens is 4. The molecule has 1 heterocycles. The Hall–Kier alpha value is -2.28. The van der Waals surface area contributed by atoms with Crippen LogP contribution in [0.3, 0.4) is 0 Å². The van der Waals surface area contributed by atoms with E-state index in [0.717, 1.165) is 5.69 Å². The molecule has 0 aliphatic carbocycles. The minimum absolute atomic E-state index is 0.106. The Morgan fingerprint density at radius 2 is 2.05 bits per heavy atom. The van der Waals surface area contributed by atoms with Gasteiger partial charge in [0.25, 0.3) is 0 Å². The molecule has 1 aromatic carbocycles. The van der Waals surface area contributed by atoms with Gasteiger partial charge in [0.15, 0.2) is 0 Å². The van der Waals surface area contributed by atoms with Crippen molar-refractivity contribution >= 4 is 11.6 Å². The SMILES string of the molecule is CC(C)(CN)C(=O)Nc1ccc(-n2cnnn2)cc1. The minimum atomic E-state index is -0.589. The molecule has 1 amide bonds. The molecule has 100 valence electrons. The summed E-state index contributed by atoms with van der Waals surface area (Å²) in [5.41, 5.74) is 6.51. The molecule has 0 spiro atoms. The molecule has 0 unspecified atom stereocenters. The fraction of sp³-hybridized carbons (Fsp3) is 0.333. The van der Waals surface area contributed by atoms with Crippen LogP contribution >= 0.6 is 0 Å². The molecule has 0 fully saturated rings. The molecule has 0 saturated heterocycles. The van der Waals surface area contributed by atoms with Crippen LogP contribution in [0.25, 0.3) is 5.69 Å². The Morgan fingerprint density at radius 1 is 1.37 bits per heavy atom. The fourth-order valence-electron chi connectivity index (χ4n) is 1.37. The van der Waals surface area contributed by atoms with Crippen molar-refractivity contribution in [2.24, 2.45) is 11.1 Å². The van der Waals surface area contributed by atoms with E-state index in [-0.39, 0.29) is 5.91 Å². The van der Waals surface area contributed by atoms with Crippen LogP contribution in [-0.4, -0.2) is 32.7 Å². The van der Waals surface area contributed by atoms with Crippen molar-refractivity contribution < 1.29 is 4.79 Å². The number of anilines is 1. The third-order valence-corrected chi connectivity index (χ3v) is 2.86. The van der Waals surface area contributed by atoms with E-state index in [1.807, 2.05) is 12.1 Å². The van der Waals surface area contributed by atoms with Gasteiger partial charge in [-0.2, -0.15) is 0 Å². The normalized spacial score (nSPS) is 11.3. The zero-order chi connectivity index (χ0) is 13.9. The van der Waals surface area contributed by atoms with Crippen molar-refractivity contribution in [3.63, 3.8) is 0 Å². The number of tetrazole rings is 1. The molecular weight excluding hydrogens is 244 g/mol. The number of hydrogen-bond donors (Lipinski definition) is 2. The minimum Gasteiger partial charge on any atom is -0.329 e. The van der Waals surface area contributed by atoms with E-state index in [4.69, 9.17) is 5.73 Å². The predicted molar refractivity (Wildman–Crippen MR) is 70.6 cm³/mol. The molecule has 2 aromatic rings. The molecule has 7 heteroatoms. The monoisotopic (exact) mass is 260 g/mol. The highest BCUT2D eigenvalue weighted by Gasteiger charge is 2.25. The van der Waals surface area contributed by atoms with Crippen molar-refractivity contribution in [1.29, 1.82) is 0 Å². The number of nitrogens with zero attached hydrogens (tertiary/aromatic N) is 4. The summed E-state index contributed by atoms with van der Waals surface area (Å²) >= 11 is 0. The summed E-state index contributed by atoms with van der Waals surface area (Å²) in [5.74, 6) is -0.106. The first-order valence-electron chi connectivity index (χ1n) is 5.88. The first-order chi connectivity index (χ1) is 9.03. The van der Waals surface area contributed by atoms with Crippen LogP contribution in [0.4, 0.5) is 5.69 Å². The predicted octanol–water partition coefficient (Wildman–Crippen LogP) is 0.586. The molecular formula is C12H16N6O. The maximum absolute atomic E-state index is 12.0. The zero-order valence-electron chi connectivity index (χ0n) is 10.9. The highest BCUT2D eigenvalue weighted by Crippen LogP contribution is 2.18. The number of hydrogen-bond acceptors (Lipinski definition) is 5. The maximum atomic E-state index is 12.0. The summed E-state index contributed by atoms with van der Waals surface area (Å²) in [6.45, 7) is 3.90. The zero-order valence-corrected chi connectivity index (χ0v) is 10.9. The standard InChI is InChI=1S/C12H16N6O/c1-12(2,7-13)11(19)15-9-3-5-10(6-4-9)18-8-14-16-17-18/h3-6,8H,7,13H2,1-2H3,(H,15,19). The van der Waals surface area contributed by atoms with E-state index < -0.39 is 5.41 Å². The van der Waals surface area contributed by atoms with Gasteiger partial charge in [0.05, 0.1) is 11.1 Å². The maximum Gasteiger partial charge on any atom is 0.231 e. The molecule has 1 aromatic heterocycles. The van der Waals surface area contributed by atoms with Gasteiger partial charge in [-0.15, -0.1) is 5.10 Å². The molecule has 0 bridgehead atoms. The summed E-state index contributed by atoms with van der Waals surface area (Å²) in [5, 5.41) is 13.7. The van der Waals surface area contributed by atoms with Gasteiger partial charge in [0.1, 0.15) is 6.33 Å². The molecule has 3 N–H and O–H groups in total. The van der Waals surface area contributed by atoms with E-state index in [0.29, 0.717) is 12.2 Å². The van der Waals surface area contributed by atoms with Gasteiger partial charge in [0, 0.05) is 12.2 Å². The molecule has 0 aliphatic rings. The molecule has 0 atom stereocenters. The summed E-state index contributed by atoms with van der Waals surface area (Å²) in [7, 11) is 0. The smallest absolute Gasteiger partial charge is 0.231 e. The lowest BCUT2D eigenvalue weighted by atomic mass is 9.92. The lowest BCUT2D eigenvalue weighted by Crippen LogP contribution is -2.37. The molecule has 0 aliphatic heterocycles. The number of rotatable bonds is 4. The number of amides is 1. The highest BCUT2D eigenvalue weighted by atomic mass is 16.2. The number of nitrogens with two attached hydrogens (primary N) is 1. The topological polar surface area (TPSA) is 98.7 Å². The van der Waals surface area contributed by atoms with Gasteiger partial charge in [-0.25, -0.2) is 4.68 Å². The second-order valence-corrected chi connectivity index (χ2v) is 4.84. The average Bonchev–Trinajstić information content (AvgIpc) is 2.93. The van der Waals surface area contributed by atoms with E-state index in [2.05, 4.69) is 20.8 Å². The lowest BCUT2D eigenvalue weighted by molar-refractivity contribution is -0.123. The third-order valence-electron chi connectivity index (χ3n) is 2.86. The Bertz CT molecular complexity index is 546. The van der Waals surface area contributed by atoms with Crippen LogP contribution in [-0.2, 0) is 4.79 Å². The largest absolute Gasteiger partial charge is 0.329 e. The summed E-state index contributed by atoms with van der Waals surface area (Å²) in [6, 6.07) is 7.23. The molecule has 2 rings (SSSR count).